The molecule has 4 heteroatoms. The number of rotatable bonds is 0. The fourth-order valence-corrected chi connectivity index (χ4v) is 4.25. The van der Waals surface area contributed by atoms with Gasteiger partial charge in [0.05, 0.1) is 11.9 Å². The second-order valence-electron chi connectivity index (χ2n) is 4.87. The second kappa shape index (κ2) is 3.22. The van der Waals surface area contributed by atoms with Gasteiger partial charge in [0.2, 0.25) is 5.52 Å². The fourth-order valence-electron chi connectivity index (χ4n) is 2.99. The van der Waals surface area contributed by atoms with Gasteiger partial charge in [-0.15, -0.1) is 0 Å². The van der Waals surface area contributed by atoms with Crippen LogP contribution in [0.25, 0.3) is 26.3 Å². The molecule has 1 aliphatic rings. The third-order valence-corrected chi connectivity index (χ3v) is 4.97. The molecule has 0 saturated carbocycles. The van der Waals surface area contributed by atoms with Gasteiger partial charge in [-0.25, -0.2) is 4.98 Å². The van der Waals surface area contributed by atoms with Crippen molar-refractivity contribution in [1.29, 1.82) is 0 Å². The maximum atomic E-state index is 4.18. The van der Waals surface area contributed by atoms with Crippen molar-refractivity contribution in [3.63, 3.8) is 0 Å². The summed E-state index contributed by atoms with van der Waals surface area (Å²) in [5, 5.41) is 1.37. The molecule has 0 bridgehead atoms. The standard InChI is InChI=1S/C15H10N3S/c1-2-4-11-10(3-1)7-18-14-12-5-6-16-9-17(12)8-13(14)19-15(11)18/h1-6,8-9H,7H2/q+1. The highest BCUT2D eigenvalue weighted by Crippen LogP contribution is 2.37. The first kappa shape index (κ1) is 9.69. The predicted octanol–water partition coefficient (Wildman–Crippen LogP) is 2.87. The first-order valence-electron chi connectivity index (χ1n) is 6.27. The summed E-state index contributed by atoms with van der Waals surface area (Å²) in [5.41, 5.74) is 5.37. The topological polar surface area (TPSA) is 21.2 Å². The quantitative estimate of drug-likeness (QED) is 0.394. The summed E-state index contributed by atoms with van der Waals surface area (Å²) in [7, 11) is 0. The number of benzene rings is 1. The Hall–Kier alpha value is -2.20. The molecule has 1 aromatic carbocycles. The minimum absolute atomic E-state index is 0.980. The molecule has 5 rings (SSSR count). The molecule has 0 aliphatic carbocycles. The Morgan fingerprint density at radius 3 is 3.16 bits per heavy atom. The number of fused-ring (bicyclic) bond motifs is 7. The summed E-state index contributed by atoms with van der Waals surface area (Å²) in [5.74, 6) is 0. The highest BCUT2D eigenvalue weighted by atomic mass is 32.1. The number of hydrogen-bond acceptors (Lipinski definition) is 2. The second-order valence-corrected chi connectivity index (χ2v) is 5.90. The maximum Gasteiger partial charge on any atom is 0.271 e. The summed E-state index contributed by atoms with van der Waals surface area (Å²) in [6.45, 7) is 0.980. The van der Waals surface area contributed by atoms with Gasteiger partial charge in [-0.1, -0.05) is 29.5 Å². The number of hydrogen-bond donors (Lipinski definition) is 0. The smallest absolute Gasteiger partial charge is 0.271 e. The van der Waals surface area contributed by atoms with Crippen LogP contribution in [0.15, 0.2) is 49.1 Å². The SMILES string of the molecule is c1ccc2c(c1)C[n+]1c-2sc2cn3cnccc3c21. The zero-order chi connectivity index (χ0) is 12.4. The van der Waals surface area contributed by atoms with E-state index in [9.17, 15) is 0 Å². The molecule has 1 aliphatic heterocycles. The highest BCUT2D eigenvalue weighted by Gasteiger charge is 2.32. The van der Waals surface area contributed by atoms with Crippen LogP contribution in [-0.4, -0.2) is 9.38 Å². The molecule has 3 nitrogen and oxygen atoms in total. The van der Waals surface area contributed by atoms with Gasteiger partial charge < -0.3 is 4.40 Å². The summed E-state index contributed by atoms with van der Waals surface area (Å²) in [6, 6.07) is 10.8. The van der Waals surface area contributed by atoms with E-state index in [1.165, 1.54) is 31.9 Å². The van der Waals surface area contributed by atoms with Gasteiger partial charge in [0.15, 0.2) is 6.54 Å². The van der Waals surface area contributed by atoms with Gasteiger partial charge in [-0.2, -0.15) is 4.57 Å². The minimum Gasteiger partial charge on any atom is -0.300 e. The van der Waals surface area contributed by atoms with Crippen molar-refractivity contribution in [2.45, 2.75) is 6.54 Å². The molecular formula is C15H10N3S+. The summed E-state index contributed by atoms with van der Waals surface area (Å²) in [4.78, 5) is 4.18. The van der Waals surface area contributed by atoms with Crippen molar-refractivity contribution in [3.8, 4) is 10.6 Å². The van der Waals surface area contributed by atoms with E-state index < -0.39 is 0 Å². The van der Waals surface area contributed by atoms with E-state index >= 15 is 0 Å². The fraction of sp³-hybridized carbons (Fsp3) is 0.0667. The number of thiazole rings is 1. The van der Waals surface area contributed by atoms with Gasteiger partial charge in [-0.05, 0) is 12.1 Å². The van der Waals surface area contributed by atoms with Crippen LogP contribution in [-0.2, 0) is 6.54 Å². The van der Waals surface area contributed by atoms with Crippen LogP contribution in [0.3, 0.4) is 0 Å². The van der Waals surface area contributed by atoms with Gasteiger partial charge in [0.25, 0.3) is 5.01 Å². The normalized spacial score (nSPS) is 13.1. The van der Waals surface area contributed by atoms with Crippen molar-refractivity contribution in [3.05, 3.63) is 54.6 Å². The average molecular weight is 264 g/mol. The van der Waals surface area contributed by atoms with E-state index in [-0.39, 0.29) is 0 Å². The van der Waals surface area contributed by atoms with Gasteiger partial charge >= 0.3 is 0 Å². The third-order valence-electron chi connectivity index (χ3n) is 3.82. The molecule has 0 saturated heterocycles. The average Bonchev–Trinajstić information content (AvgIpc) is 3.05. The minimum atomic E-state index is 0.980. The molecular weight excluding hydrogens is 254 g/mol. The molecule has 0 radical (unpaired) electrons. The lowest BCUT2D eigenvalue weighted by Crippen LogP contribution is -2.30. The van der Waals surface area contributed by atoms with Crippen LogP contribution < -0.4 is 4.57 Å². The molecule has 0 N–H and O–H groups in total. The lowest BCUT2D eigenvalue weighted by Gasteiger charge is -1.91. The molecule has 90 valence electrons. The molecule has 3 aromatic heterocycles. The lowest BCUT2D eigenvalue weighted by molar-refractivity contribution is -0.641. The van der Waals surface area contributed by atoms with Crippen LogP contribution in [0.1, 0.15) is 5.56 Å². The molecule has 0 atom stereocenters. The van der Waals surface area contributed by atoms with Gasteiger partial charge in [0.1, 0.15) is 10.2 Å². The van der Waals surface area contributed by atoms with Crippen molar-refractivity contribution >= 4 is 27.1 Å². The summed E-state index contributed by atoms with van der Waals surface area (Å²) in [6.07, 6.45) is 5.91. The molecule has 4 aromatic rings. The molecule has 4 heterocycles. The van der Waals surface area contributed by atoms with E-state index in [0.29, 0.717) is 0 Å². The Morgan fingerprint density at radius 1 is 1.21 bits per heavy atom. The highest BCUT2D eigenvalue weighted by molar-refractivity contribution is 7.21. The zero-order valence-electron chi connectivity index (χ0n) is 10.1. The van der Waals surface area contributed by atoms with Crippen LogP contribution in [0, 0.1) is 0 Å². The number of aromatic nitrogens is 3. The first-order valence-corrected chi connectivity index (χ1v) is 7.09. The van der Waals surface area contributed by atoms with E-state index in [4.69, 9.17) is 0 Å². The van der Waals surface area contributed by atoms with Crippen LogP contribution in [0.2, 0.25) is 0 Å². The predicted molar refractivity (Wildman–Crippen MR) is 75.3 cm³/mol. The van der Waals surface area contributed by atoms with Crippen LogP contribution in [0.4, 0.5) is 0 Å². The Bertz CT molecular complexity index is 949. The summed E-state index contributed by atoms with van der Waals surface area (Å²) >= 11 is 1.87. The zero-order valence-corrected chi connectivity index (χ0v) is 10.9. The Morgan fingerprint density at radius 2 is 2.16 bits per heavy atom. The van der Waals surface area contributed by atoms with Gasteiger partial charge in [0, 0.05) is 18.0 Å². The molecule has 19 heavy (non-hydrogen) atoms. The first-order chi connectivity index (χ1) is 9.42. The molecule has 0 amide bonds. The summed E-state index contributed by atoms with van der Waals surface area (Å²) < 4.78 is 5.87. The lowest BCUT2D eigenvalue weighted by atomic mass is 10.1. The van der Waals surface area contributed by atoms with Gasteiger partial charge in [-0.3, -0.25) is 0 Å². The monoisotopic (exact) mass is 264 g/mol. The van der Waals surface area contributed by atoms with E-state index in [1.807, 2.05) is 23.9 Å². The molecule has 0 spiro atoms. The van der Waals surface area contributed by atoms with Crippen molar-refractivity contribution in [2.24, 2.45) is 0 Å². The van der Waals surface area contributed by atoms with E-state index in [0.717, 1.165) is 6.54 Å². The van der Waals surface area contributed by atoms with Crippen molar-refractivity contribution < 1.29 is 4.57 Å². The maximum absolute atomic E-state index is 4.18. The number of nitrogens with zero attached hydrogens (tertiary/aromatic N) is 3. The third kappa shape index (κ3) is 1.12. The Labute approximate surface area is 113 Å². The van der Waals surface area contributed by atoms with Crippen LogP contribution >= 0.6 is 11.3 Å². The van der Waals surface area contributed by atoms with E-state index in [2.05, 4.69) is 50.5 Å². The van der Waals surface area contributed by atoms with Crippen molar-refractivity contribution in [2.75, 3.05) is 0 Å². The van der Waals surface area contributed by atoms with Crippen LogP contribution in [0.5, 0.6) is 0 Å². The Balaban J connectivity index is 1.94. The largest absolute Gasteiger partial charge is 0.300 e. The Kier molecular flexibility index (Phi) is 1.64. The van der Waals surface area contributed by atoms with Crippen molar-refractivity contribution in [1.82, 2.24) is 9.38 Å². The molecule has 0 fully saturated rings. The van der Waals surface area contributed by atoms with E-state index in [1.54, 1.807) is 0 Å². The molecule has 0 unspecified atom stereocenters.